The lowest BCUT2D eigenvalue weighted by Gasteiger charge is -2.20. The number of hydrogen-bond acceptors (Lipinski definition) is 5. The molecule has 176 valence electrons. The van der Waals surface area contributed by atoms with Crippen molar-refractivity contribution in [2.75, 3.05) is 4.90 Å². The molecule has 2 aromatic heterocycles. The highest BCUT2D eigenvalue weighted by atomic mass is 16.2. The Morgan fingerprint density at radius 1 is 0.972 bits per heavy atom. The maximum absolute atomic E-state index is 13.5. The van der Waals surface area contributed by atoms with Crippen molar-refractivity contribution in [1.29, 1.82) is 5.26 Å². The molecule has 0 spiro atoms. The van der Waals surface area contributed by atoms with Crippen molar-refractivity contribution in [1.82, 2.24) is 19.6 Å². The van der Waals surface area contributed by atoms with Gasteiger partial charge in [0.25, 0.3) is 17.2 Å². The molecular formula is C28H22N6O2. The molecule has 0 saturated heterocycles. The Labute approximate surface area is 207 Å². The molecule has 1 amide bonds. The van der Waals surface area contributed by atoms with Crippen LogP contribution in [0.4, 0.5) is 5.95 Å². The lowest BCUT2D eigenvalue weighted by atomic mass is 10.1. The zero-order valence-corrected chi connectivity index (χ0v) is 19.5. The molecule has 0 radical (unpaired) electrons. The molecule has 0 atom stereocenters. The maximum atomic E-state index is 13.5. The van der Waals surface area contributed by atoms with Gasteiger partial charge in [0.2, 0.25) is 5.95 Å². The highest BCUT2D eigenvalue weighted by Crippen LogP contribution is 2.19. The van der Waals surface area contributed by atoms with Gasteiger partial charge in [-0.15, -0.1) is 0 Å². The van der Waals surface area contributed by atoms with Gasteiger partial charge >= 0.3 is 0 Å². The summed E-state index contributed by atoms with van der Waals surface area (Å²) >= 11 is 0. The largest absolute Gasteiger partial charge is 0.277 e. The second-order valence-electron chi connectivity index (χ2n) is 8.40. The first-order chi connectivity index (χ1) is 17.5. The zero-order chi connectivity index (χ0) is 25.1. The number of aromatic amines is 1. The third kappa shape index (κ3) is 4.50. The molecule has 8 nitrogen and oxygen atoms in total. The summed E-state index contributed by atoms with van der Waals surface area (Å²) in [5.74, 6) is 0.0688. The summed E-state index contributed by atoms with van der Waals surface area (Å²) in [7, 11) is 0. The van der Waals surface area contributed by atoms with Gasteiger partial charge in [0.1, 0.15) is 0 Å². The average Bonchev–Trinajstić information content (AvgIpc) is 3.34. The van der Waals surface area contributed by atoms with E-state index in [9.17, 15) is 14.9 Å². The van der Waals surface area contributed by atoms with E-state index in [1.54, 1.807) is 49.4 Å². The number of hydrogen-bond donors (Lipinski definition) is 1. The lowest BCUT2D eigenvalue weighted by Crippen LogP contribution is -2.31. The van der Waals surface area contributed by atoms with Crippen LogP contribution in [0, 0.1) is 18.3 Å². The lowest BCUT2D eigenvalue weighted by molar-refractivity contribution is 0.0983. The predicted octanol–water partition coefficient (Wildman–Crippen LogP) is 4.04. The van der Waals surface area contributed by atoms with Gasteiger partial charge in [0.05, 0.1) is 23.9 Å². The molecule has 0 aliphatic carbocycles. The van der Waals surface area contributed by atoms with Crippen LogP contribution in [-0.2, 0) is 13.0 Å². The number of amides is 1. The van der Waals surface area contributed by atoms with Crippen LogP contribution in [0.25, 0.3) is 5.78 Å². The third-order valence-corrected chi connectivity index (χ3v) is 5.93. The second kappa shape index (κ2) is 9.68. The normalized spacial score (nSPS) is 10.8. The van der Waals surface area contributed by atoms with Crippen LogP contribution >= 0.6 is 0 Å². The molecule has 0 fully saturated rings. The average molecular weight is 475 g/mol. The summed E-state index contributed by atoms with van der Waals surface area (Å²) in [6.07, 6.45) is 0.434. The fourth-order valence-electron chi connectivity index (χ4n) is 4.07. The second-order valence-corrected chi connectivity index (χ2v) is 8.40. The quantitative estimate of drug-likeness (QED) is 0.400. The van der Waals surface area contributed by atoms with Crippen molar-refractivity contribution < 1.29 is 4.79 Å². The van der Waals surface area contributed by atoms with Crippen molar-refractivity contribution in [3.8, 4) is 6.07 Å². The van der Waals surface area contributed by atoms with Crippen molar-refractivity contribution in [2.45, 2.75) is 19.9 Å². The Kier molecular flexibility index (Phi) is 6.12. The van der Waals surface area contributed by atoms with Gasteiger partial charge in [-0.1, -0.05) is 60.7 Å². The number of anilines is 1. The summed E-state index contributed by atoms with van der Waals surface area (Å²) in [6.45, 7) is 1.93. The molecule has 0 saturated carbocycles. The number of aryl methyl sites for hydroxylation is 1. The number of H-pyrrole nitrogens is 1. The van der Waals surface area contributed by atoms with E-state index in [0.717, 1.165) is 11.1 Å². The van der Waals surface area contributed by atoms with Crippen molar-refractivity contribution in [3.05, 3.63) is 129 Å². The van der Waals surface area contributed by atoms with E-state index in [2.05, 4.69) is 21.1 Å². The molecular weight excluding hydrogens is 452 g/mol. The van der Waals surface area contributed by atoms with Crippen molar-refractivity contribution >= 4 is 17.6 Å². The molecule has 0 unspecified atom stereocenters. The van der Waals surface area contributed by atoms with Crippen molar-refractivity contribution in [3.63, 3.8) is 0 Å². The Morgan fingerprint density at radius 2 is 1.67 bits per heavy atom. The van der Waals surface area contributed by atoms with E-state index < -0.39 is 0 Å². The SMILES string of the molecule is Cc1nc2nc(N(Cc3cccc(C#N)c3)C(=O)c3ccccc3)[nH]n2c(=O)c1Cc1ccccc1. The highest BCUT2D eigenvalue weighted by Gasteiger charge is 2.23. The van der Waals surface area contributed by atoms with Crippen LogP contribution in [0.2, 0.25) is 0 Å². The van der Waals surface area contributed by atoms with Crippen LogP contribution < -0.4 is 10.5 Å². The van der Waals surface area contributed by atoms with Gasteiger partial charge in [-0.2, -0.15) is 14.8 Å². The minimum absolute atomic E-state index is 0.147. The predicted molar refractivity (Wildman–Crippen MR) is 136 cm³/mol. The Bertz CT molecular complexity index is 1650. The minimum Gasteiger partial charge on any atom is -0.272 e. The van der Waals surface area contributed by atoms with Crippen LogP contribution in [0.15, 0.2) is 89.7 Å². The third-order valence-electron chi connectivity index (χ3n) is 5.93. The zero-order valence-electron chi connectivity index (χ0n) is 19.5. The van der Waals surface area contributed by atoms with E-state index >= 15 is 0 Å². The molecule has 0 bridgehead atoms. The van der Waals surface area contributed by atoms with Gasteiger partial charge < -0.3 is 0 Å². The molecule has 0 aliphatic rings. The van der Waals surface area contributed by atoms with Gasteiger partial charge in [-0.3, -0.25) is 19.6 Å². The Morgan fingerprint density at radius 3 is 2.39 bits per heavy atom. The van der Waals surface area contributed by atoms with Crippen LogP contribution in [-0.4, -0.2) is 25.5 Å². The smallest absolute Gasteiger partial charge is 0.272 e. The molecule has 2 heterocycles. The Balaban J connectivity index is 1.59. The van der Waals surface area contributed by atoms with Crippen LogP contribution in [0.3, 0.4) is 0 Å². The monoisotopic (exact) mass is 474 g/mol. The number of aromatic nitrogens is 4. The molecule has 3 aromatic carbocycles. The van der Waals surface area contributed by atoms with Crippen molar-refractivity contribution in [2.24, 2.45) is 0 Å². The number of nitriles is 1. The van der Waals surface area contributed by atoms with E-state index in [1.807, 2.05) is 42.5 Å². The van der Waals surface area contributed by atoms with Gasteiger partial charge in [0, 0.05) is 17.5 Å². The number of carbonyl (C=O) groups excluding carboxylic acids is 1. The molecule has 8 heteroatoms. The highest BCUT2D eigenvalue weighted by molar-refractivity contribution is 6.05. The standard InChI is InChI=1S/C28H22N6O2/c1-19-24(16-20-9-4-2-5-10-20)26(36)34-27(30-19)31-28(32-34)33(25(35)23-13-6-3-7-14-23)18-22-12-8-11-21(15-22)17-29/h2-15H,16,18H2,1H3,(H,30,31,32). The number of carbonyl (C=O) groups is 1. The molecule has 36 heavy (non-hydrogen) atoms. The summed E-state index contributed by atoms with van der Waals surface area (Å²) in [6, 6.07) is 27.7. The summed E-state index contributed by atoms with van der Waals surface area (Å²) in [5, 5.41) is 12.3. The van der Waals surface area contributed by atoms with E-state index in [-0.39, 0.29) is 29.7 Å². The number of nitrogens with one attached hydrogen (secondary N) is 1. The van der Waals surface area contributed by atoms with Gasteiger partial charge in [0.15, 0.2) is 0 Å². The Hall–Kier alpha value is -5.03. The fourth-order valence-corrected chi connectivity index (χ4v) is 4.07. The molecule has 5 rings (SSSR count). The first-order valence-electron chi connectivity index (χ1n) is 11.4. The van der Waals surface area contributed by atoms with Gasteiger partial charge in [-0.05, 0) is 42.3 Å². The molecule has 0 aliphatic heterocycles. The fraction of sp³-hybridized carbons (Fsp3) is 0.107. The van der Waals surface area contributed by atoms with Crippen LogP contribution in [0.5, 0.6) is 0 Å². The summed E-state index contributed by atoms with van der Waals surface area (Å²) < 4.78 is 1.28. The first kappa shape index (κ1) is 22.7. The first-order valence-corrected chi connectivity index (χ1v) is 11.4. The number of nitrogens with zero attached hydrogens (tertiary/aromatic N) is 5. The summed E-state index contributed by atoms with van der Waals surface area (Å²) in [5.41, 5.74) is 3.58. The van der Waals surface area contributed by atoms with E-state index in [1.165, 1.54) is 9.42 Å². The number of fused-ring (bicyclic) bond motifs is 1. The number of rotatable bonds is 6. The minimum atomic E-state index is -0.300. The van der Waals surface area contributed by atoms with E-state index in [4.69, 9.17) is 0 Å². The topological polar surface area (TPSA) is 107 Å². The molecule has 5 aromatic rings. The van der Waals surface area contributed by atoms with E-state index in [0.29, 0.717) is 28.8 Å². The van der Waals surface area contributed by atoms with Gasteiger partial charge in [-0.25, -0.2) is 4.98 Å². The number of benzene rings is 3. The summed E-state index contributed by atoms with van der Waals surface area (Å²) in [4.78, 5) is 37.4. The molecule has 1 N–H and O–H groups in total. The maximum Gasteiger partial charge on any atom is 0.277 e. The van der Waals surface area contributed by atoms with Crippen LogP contribution in [0.1, 0.15) is 38.3 Å².